The van der Waals surface area contributed by atoms with Gasteiger partial charge in [-0.3, -0.25) is 0 Å². The minimum atomic E-state index is -3.20. The third-order valence-electron chi connectivity index (χ3n) is 5.25. The lowest BCUT2D eigenvalue weighted by atomic mass is 10.1. The molecule has 1 aromatic rings. The van der Waals surface area contributed by atoms with Gasteiger partial charge in [-0.15, -0.1) is 11.3 Å². The van der Waals surface area contributed by atoms with Crippen LogP contribution in [0.5, 0.6) is 0 Å². The highest BCUT2D eigenvalue weighted by Crippen LogP contribution is 2.24. The largest absolute Gasteiger partial charge is 0.335 e. The minimum Gasteiger partial charge on any atom is -0.335 e. The first-order chi connectivity index (χ1) is 12.4. The van der Waals surface area contributed by atoms with Crippen molar-refractivity contribution in [2.45, 2.75) is 57.2 Å². The number of nitrogens with zero attached hydrogens (tertiary/aromatic N) is 2. The molecule has 26 heavy (non-hydrogen) atoms. The van der Waals surface area contributed by atoms with Crippen LogP contribution in [0.2, 0.25) is 0 Å². The number of hydrogen-bond acceptors (Lipinski definition) is 4. The Morgan fingerprint density at radius 1 is 1.23 bits per heavy atom. The van der Waals surface area contributed by atoms with E-state index in [1.807, 2.05) is 6.92 Å². The molecule has 2 fully saturated rings. The quantitative estimate of drug-likeness (QED) is 0.827. The predicted octanol–water partition coefficient (Wildman–Crippen LogP) is 2.59. The first kappa shape index (κ1) is 19.6. The molecular formula is C18H29N3O3S2. The van der Waals surface area contributed by atoms with Gasteiger partial charge in [0.15, 0.2) is 0 Å². The van der Waals surface area contributed by atoms with Crippen molar-refractivity contribution in [1.29, 1.82) is 0 Å². The minimum absolute atomic E-state index is 0.0617. The van der Waals surface area contributed by atoms with Crippen LogP contribution < -0.4 is 5.32 Å². The van der Waals surface area contributed by atoms with Gasteiger partial charge in [-0.05, 0) is 51.7 Å². The molecule has 3 heterocycles. The number of carbonyl (C=O) groups is 1. The zero-order valence-electron chi connectivity index (χ0n) is 15.6. The molecule has 1 N–H and O–H groups in total. The molecule has 0 spiro atoms. The summed E-state index contributed by atoms with van der Waals surface area (Å²) in [6.45, 7) is 6.42. The van der Waals surface area contributed by atoms with Gasteiger partial charge in [0.1, 0.15) is 0 Å². The number of nitrogens with one attached hydrogen (secondary N) is 1. The van der Waals surface area contributed by atoms with E-state index in [0.717, 1.165) is 19.3 Å². The maximum Gasteiger partial charge on any atom is 0.317 e. The normalized spacial score (nSPS) is 21.1. The number of urea groups is 1. The molecule has 146 valence electrons. The highest BCUT2D eigenvalue weighted by molar-refractivity contribution is 7.89. The molecule has 0 radical (unpaired) electrons. The van der Waals surface area contributed by atoms with Crippen LogP contribution in [-0.4, -0.2) is 61.1 Å². The number of hydrogen-bond donors (Lipinski definition) is 1. The number of carbonyl (C=O) groups excluding carboxylic acids is 1. The van der Waals surface area contributed by atoms with Crippen molar-refractivity contribution >= 4 is 27.4 Å². The Balaban J connectivity index is 1.47. The zero-order chi connectivity index (χ0) is 18.7. The van der Waals surface area contributed by atoms with Gasteiger partial charge in [-0.1, -0.05) is 0 Å². The van der Waals surface area contributed by atoms with Gasteiger partial charge in [-0.25, -0.2) is 17.5 Å². The predicted molar refractivity (Wildman–Crippen MR) is 105 cm³/mol. The van der Waals surface area contributed by atoms with Crippen molar-refractivity contribution in [2.75, 3.05) is 26.2 Å². The summed E-state index contributed by atoms with van der Waals surface area (Å²) in [6.07, 6.45) is 3.81. The van der Waals surface area contributed by atoms with Crippen molar-refractivity contribution in [2.24, 2.45) is 0 Å². The monoisotopic (exact) mass is 399 g/mol. The van der Waals surface area contributed by atoms with Gasteiger partial charge in [0.25, 0.3) is 0 Å². The van der Waals surface area contributed by atoms with Gasteiger partial charge in [0.2, 0.25) is 10.0 Å². The lowest BCUT2D eigenvalue weighted by Crippen LogP contribution is -2.50. The Bertz CT molecular complexity index is 718. The standard InChI is InChI=1S/C18H29N3O3S2/c1-14(13-16-6-5-15(2)25-16)19-18(22)20-11-7-17(8-12-20)26(23,24)21-9-3-4-10-21/h5-6,14,17H,3-4,7-13H2,1-2H3,(H,19,22). The highest BCUT2D eigenvalue weighted by atomic mass is 32.2. The lowest BCUT2D eigenvalue weighted by Gasteiger charge is -2.34. The molecule has 1 aromatic heterocycles. The Morgan fingerprint density at radius 2 is 1.88 bits per heavy atom. The summed E-state index contributed by atoms with van der Waals surface area (Å²) in [5, 5.41) is 2.71. The number of likely N-dealkylation sites (tertiary alicyclic amines) is 1. The zero-order valence-corrected chi connectivity index (χ0v) is 17.2. The van der Waals surface area contributed by atoms with Gasteiger partial charge in [0.05, 0.1) is 5.25 Å². The molecule has 2 aliphatic rings. The Kier molecular flexibility index (Phi) is 6.25. The van der Waals surface area contributed by atoms with Crippen LogP contribution in [0.25, 0.3) is 0 Å². The van der Waals surface area contributed by atoms with Crippen molar-refractivity contribution in [3.63, 3.8) is 0 Å². The summed E-state index contributed by atoms with van der Waals surface area (Å²) in [5.41, 5.74) is 0. The number of sulfonamides is 1. The number of amides is 2. The van der Waals surface area contributed by atoms with Crippen LogP contribution in [-0.2, 0) is 16.4 Å². The van der Waals surface area contributed by atoms with Crippen molar-refractivity contribution in [3.8, 4) is 0 Å². The Morgan fingerprint density at radius 3 is 2.46 bits per heavy atom. The molecule has 0 saturated carbocycles. The second-order valence-electron chi connectivity index (χ2n) is 7.40. The van der Waals surface area contributed by atoms with E-state index in [4.69, 9.17) is 0 Å². The van der Waals surface area contributed by atoms with Crippen LogP contribution in [0.1, 0.15) is 42.4 Å². The van der Waals surface area contributed by atoms with Crippen molar-refractivity contribution in [3.05, 3.63) is 21.9 Å². The molecule has 0 aromatic carbocycles. The molecule has 2 saturated heterocycles. The van der Waals surface area contributed by atoms with Crippen molar-refractivity contribution in [1.82, 2.24) is 14.5 Å². The summed E-state index contributed by atoms with van der Waals surface area (Å²) in [7, 11) is -3.20. The number of rotatable bonds is 5. The second-order valence-corrected chi connectivity index (χ2v) is 11.0. The fraction of sp³-hybridized carbons (Fsp3) is 0.722. The molecule has 1 atom stereocenters. The van der Waals surface area contributed by atoms with E-state index in [9.17, 15) is 13.2 Å². The van der Waals surface area contributed by atoms with Gasteiger partial charge >= 0.3 is 6.03 Å². The fourth-order valence-corrected chi connectivity index (χ4v) is 6.77. The van der Waals surface area contributed by atoms with Crippen LogP contribution in [0.4, 0.5) is 4.79 Å². The van der Waals surface area contributed by atoms with Crippen LogP contribution in [0.3, 0.4) is 0 Å². The van der Waals surface area contributed by atoms with Crippen molar-refractivity contribution < 1.29 is 13.2 Å². The third-order valence-corrected chi connectivity index (χ3v) is 8.67. The van der Waals surface area contributed by atoms with E-state index in [0.29, 0.717) is 39.0 Å². The van der Waals surface area contributed by atoms with E-state index in [1.54, 1.807) is 20.5 Å². The SMILES string of the molecule is Cc1ccc(CC(C)NC(=O)N2CCC(S(=O)(=O)N3CCCC3)CC2)s1. The molecule has 6 nitrogen and oxygen atoms in total. The van der Waals surface area contributed by atoms with E-state index >= 15 is 0 Å². The first-order valence-electron chi connectivity index (χ1n) is 9.46. The van der Waals surface area contributed by atoms with E-state index in [-0.39, 0.29) is 17.3 Å². The number of thiophene rings is 1. The van der Waals surface area contributed by atoms with Gasteiger partial charge in [0, 0.05) is 48.4 Å². The summed E-state index contributed by atoms with van der Waals surface area (Å²) in [4.78, 5) is 16.8. The molecule has 0 aliphatic carbocycles. The van der Waals surface area contributed by atoms with E-state index in [1.165, 1.54) is 9.75 Å². The maximum absolute atomic E-state index is 12.7. The maximum atomic E-state index is 12.7. The second kappa shape index (κ2) is 8.27. The molecular weight excluding hydrogens is 370 g/mol. The average molecular weight is 400 g/mol. The third kappa shape index (κ3) is 4.58. The Labute approximate surface area is 160 Å². The smallest absolute Gasteiger partial charge is 0.317 e. The summed E-state index contributed by atoms with van der Waals surface area (Å²) >= 11 is 1.76. The van der Waals surface area contributed by atoms with Crippen LogP contribution >= 0.6 is 11.3 Å². The average Bonchev–Trinajstić information content (AvgIpc) is 3.27. The number of piperidine rings is 1. The summed E-state index contributed by atoms with van der Waals surface area (Å²) in [6, 6.07) is 4.19. The Hall–Kier alpha value is -1.12. The van der Waals surface area contributed by atoms with E-state index in [2.05, 4.69) is 24.4 Å². The van der Waals surface area contributed by atoms with Gasteiger partial charge in [-0.2, -0.15) is 0 Å². The summed E-state index contributed by atoms with van der Waals surface area (Å²) in [5.74, 6) is 0. The topological polar surface area (TPSA) is 69.7 Å². The van der Waals surface area contributed by atoms with Crippen LogP contribution in [0, 0.1) is 6.92 Å². The first-order valence-corrected chi connectivity index (χ1v) is 11.8. The molecule has 0 bridgehead atoms. The molecule has 2 aliphatic heterocycles. The molecule has 3 rings (SSSR count). The fourth-order valence-electron chi connectivity index (χ4n) is 3.76. The van der Waals surface area contributed by atoms with Gasteiger partial charge < -0.3 is 10.2 Å². The van der Waals surface area contributed by atoms with E-state index < -0.39 is 10.0 Å². The van der Waals surface area contributed by atoms with Crippen LogP contribution in [0.15, 0.2) is 12.1 Å². The number of aryl methyl sites for hydroxylation is 1. The highest BCUT2D eigenvalue weighted by Gasteiger charge is 2.36. The molecule has 1 unspecified atom stereocenters. The molecule has 8 heteroatoms. The lowest BCUT2D eigenvalue weighted by molar-refractivity contribution is 0.183. The summed E-state index contributed by atoms with van der Waals surface area (Å²) < 4.78 is 26.9. The molecule has 2 amide bonds.